The van der Waals surface area contributed by atoms with Gasteiger partial charge in [-0.25, -0.2) is 13.8 Å². The van der Waals surface area contributed by atoms with E-state index in [-0.39, 0.29) is 17.0 Å². The molecular formula is C26H21F2N5O2. The summed E-state index contributed by atoms with van der Waals surface area (Å²) in [6, 6.07) is 12.3. The second-order valence-electron chi connectivity index (χ2n) is 8.07. The number of anilines is 1. The summed E-state index contributed by atoms with van der Waals surface area (Å²) in [5, 5.41) is 4.21. The average Bonchev–Trinajstić information content (AvgIpc) is 3.48. The first-order valence-electron chi connectivity index (χ1n) is 10.7. The quantitative estimate of drug-likeness (QED) is 0.362. The van der Waals surface area contributed by atoms with E-state index < -0.39 is 17.5 Å². The lowest BCUT2D eigenvalue weighted by molar-refractivity contribution is 0.0989. The standard InChI is InChI=1S/C26H21F2N5O2/c1-31-14-18(12-30-31)17-5-9-25-29-13-23(33(25)15-17)16-4-7-20(21(27)10-16)26(34)32(2)19-6-8-24(35-3)22(28)11-19/h4-15H,1-3H3. The van der Waals surface area contributed by atoms with Crippen molar-refractivity contribution in [3.63, 3.8) is 0 Å². The summed E-state index contributed by atoms with van der Waals surface area (Å²) < 4.78 is 37.7. The van der Waals surface area contributed by atoms with E-state index >= 15 is 4.39 Å². The second-order valence-corrected chi connectivity index (χ2v) is 8.07. The summed E-state index contributed by atoms with van der Waals surface area (Å²) in [6.45, 7) is 0. The van der Waals surface area contributed by atoms with Crippen LogP contribution in [0.5, 0.6) is 5.75 Å². The number of carbonyl (C=O) groups excluding carboxylic acids is 1. The first-order chi connectivity index (χ1) is 16.9. The van der Waals surface area contributed by atoms with Gasteiger partial charge in [-0.05, 0) is 36.4 Å². The number of pyridine rings is 1. The van der Waals surface area contributed by atoms with E-state index in [0.29, 0.717) is 16.9 Å². The number of halogens is 2. The molecule has 0 spiro atoms. The fourth-order valence-corrected chi connectivity index (χ4v) is 3.94. The molecular weight excluding hydrogens is 452 g/mol. The van der Waals surface area contributed by atoms with Crippen molar-refractivity contribution in [2.75, 3.05) is 19.1 Å². The van der Waals surface area contributed by atoms with Gasteiger partial charge in [-0.15, -0.1) is 0 Å². The van der Waals surface area contributed by atoms with Gasteiger partial charge in [0.1, 0.15) is 11.5 Å². The summed E-state index contributed by atoms with van der Waals surface area (Å²) in [5.41, 5.74) is 3.97. The molecule has 5 aromatic rings. The molecule has 9 heteroatoms. The van der Waals surface area contributed by atoms with Crippen LogP contribution in [0.15, 0.2) is 73.3 Å². The van der Waals surface area contributed by atoms with Crippen LogP contribution < -0.4 is 9.64 Å². The number of nitrogens with zero attached hydrogens (tertiary/aromatic N) is 5. The van der Waals surface area contributed by atoms with Crippen LogP contribution in [0.4, 0.5) is 14.5 Å². The minimum Gasteiger partial charge on any atom is -0.494 e. The summed E-state index contributed by atoms with van der Waals surface area (Å²) in [6.07, 6.45) is 7.24. The predicted octanol–water partition coefficient (Wildman–Crippen LogP) is 4.97. The van der Waals surface area contributed by atoms with Crippen LogP contribution in [0.2, 0.25) is 0 Å². The van der Waals surface area contributed by atoms with Crippen LogP contribution in [0.1, 0.15) is 10.4 Å². The molecule has 0 atom stereocenters. The van der Waals surface area contributed by atoms with E-state index in [1.54, 1.807) is 23.1 Å². The Morgan fingerprint density at radius 1 is 0.943 bits per heavy atom. The number of fused-ring (bicyclic) bond motifs is 1. The van der Waals surface area contributed by atoms with Gasteiger partial charge in [-0.2, -0.15) is 5.10 Å². The largest absolute Gasteiger partial charge is 0.494 e. The van der Waals surface area contributed by atoms with Crippen molar-refractivity contribution in [1.29, 1.82) is 0 Å². The van der Waals surface area contributed by atoms with Gasteiger partial charge >= 0.3 is 0 Å². The van der Waals surface area contributed by atoms with Crippen molar-refractivity contribution in [2.45, 2.75) is 0 Å². The normalized spacial score (nSPS) is 11.1. The van der Waals surface area contributed by atoms with Gasteiger partial charge in [0, 0.05) is 54.9 Å². The summed E-state index contributed by atoms with van der Waals surface area (Å²) >= 11 is 0. The molecule has 2 aromatic carbocycles. The summed E-state index contributed by atoms with van der Waals surface area (Å²) in [7, 11) is 4.66. The van der Waals surface area contributed by atoms with Crippen molar-refractivity contribution < 1.29 is 18.3 Å². The SMILES string of the molecule is COc1ccc(N(C)C(=O)c2ccc(-c3cnc4ccc(-c5cnn(C)c5)cn34)cc2F)cc1F. The van der Waals surface area contributed by atoms with Crippen LogP contribution in [0.25, 0.3) is 28.0 Å². The van der Waals surface area contributed by atoms with Crippen LogP contribution in [-0.2, 0) is 7.05 Å². The summed E-state index contributed by atoms with van der Waals surface area (Å²) in [4.78, 5) is 18.6. The number of benzene rings is 2. The number of aromatic nitrogens is 4. The zero-order chi connectivity index (χ0) is 24.7. The zero-order valence-corrected chi connectivity index (χ0v) is 19.2. The maximum absolute atomic E-state index is 15.1. The third-order valence-electron chi connectivity index (χ3n) is 5.87. The van der Waals surface area contributed by atoms with Crippen LogP contribution in [-0.4, -0.2) is 39.2 Å². The maximum atomic E-state index is 15.1. The Labute approximate surface area is 199 Å². The Bertz CT molecular complexity index is 1570. The number of ether oxygens (including phenoxy) is 1. The maximum Gasteiger partial charge on any atom is 0.260 e. The molecule has 3 heterocycles. The third kappa shape index (κ3) is 4.01. The first-order valence-corrected chi connectivity index (χ1v) is 10.7. The number of methoxy groups -OCH3 is 1. The van der Waals surface area contributed by atoms with Gasteiger partial charge in [0.25, 0.3) is 5.91 Å². The van der Waals surface area contributed by atoms with E-state index in [1.165, 1.54) is 49.4 Å². The monoisotopic (exact) mass is 473 g/mol. The second kappa shape index (κ2) is 8.68. The number of amides is 1. The fraction of sp³-hybridized carbons (Fsp3) is 0.115. The molecule has 3 aromatic heterocycles. The lowest BCUT2D eigenvalue weighted by Gasteiger charge is -2.18. The van der Waals surface area contributed by atoms with Crippen molar-refractivity contribution in [3.05, 3.63) is 90.5 Å². The molecule has 0 aliphatic rings. The van der Waals surface area contributed by atoms with E-state index in [4.69, 9.17) is 4.74 Å². The Morgan fingerprint density at radius 3 is 2.43 bits per heavy atom. The lowest BCUT2D eigenvalue weighted by atomic mass is 10.1. The van der Waals surface area contributed by atoms with Gasteiger partial charge in [0.15, 0.2) is 11.6 Å². The minimum atomic E-state index is -0.688. The van der Waals surface area contributed by atoms with Gasteiger partial charge < -0.3 is 9.64 Å². The molecule has 0 aliphatic heterocycles. The Hall–Kier alpha value is -4.53. The highest BCUT2D eigenvalue weighted by Crippen LogP contribution is 2.28. The van der Waals surface area contributed by atoms with Crippen molar-refractivity contribution in [1.82, 2.24) is 19.2 Å². The van der Waals surface area contributed by atoms with Crippen LogP contribution >= 0.6 is 0 Å². The van der Waals surface area contributed by atoms with Crippen molar-refractivity contribution in [3.8, 4) is 28.1 Å². The average molecular weight is 473 g/mol. The highest BCUT2D eigenvalue weighted by molar-refractivity contribution is 6.06. The van der Waals surface area contributed by atoms with Gasteiger partial charge in [0.2, 0.25) is 0 Å². The highest BCUT2D eigenvalue weighted by atomic mass is 19.1. The van der Waals surface area contributed by atoms with Gasteiger partial charge in [0.05, 0.1) is 30.8 Å². The van der Waals surface area contributed by atoms with Crippen molar-refractivity contribution in [2.24, 2.45) is 7.05 Å². The van der Waals surface area contributed by atoms with Gasteiger partial charge in [-0.1, -0.05) is 6.07 Å². The predicted molar refractivity (Wildman–Crippen MR) is 128 cm³/mol. The molecule has 7 nitrogen and oxygen atoms in total. The molecule has 0 radical (unpaired) electrons. The molecule has 5 rings (SSSR count). The Kier molecular flexibility index (Phi) is 5.52. The van der Waals surface area contributed by atoms with E-state index in [1.807, 2.05) is 36.0 Å². The molecule has 0 unspecified atom stereocenters. The molecule has 35 heavy (non-hydrogen) atoms. The van der Waals surface area contributed by atoms with Crippen LogP contribution in [0.3, 0.4) is 0 Å². The first kappa shape index (κ1) is 22.3. The molecule has 0 saturated carbocycles. The molecule has 0 aliphatic carbocycles. The van der Waals surface area contributed by atoms with Crippen molar-refractivity contribution >= 4 is 17.2 Å². The Balaban J connectivity index is 1.47. The third-order valence-corrected chi connectivity index (χ3v) is 5.87. The van der Waals surface area contributed by atoms with E-state index in [2.05, 4.69) is 10.1 Å². The topological polar surface area (TPSA) is 64.7 Å². The number of rotatable bonds is 5. The number of hydrogen-bond acceptors (Lipinski definition) is 4. The summed E-state index contributed by atoms with van der Waals surface area (Å²) in [5.74, 6) is -1.84. The number of imidazole rings is 1. The molecule has 0 bridgehead atoms. The van der Waals surface area contributed by atoms with E-state index in [9.17, 15) is 9.18 Å². The highest BCUT2D eigenvalue weighted by Gasteiger charge is 2.20. The fourth-order valence-electron chi connectivity index (χ4n) is 3.94. The zero-order valence-electron chi connectivity index (χ0n) is 19.2. The van der Waals surface area contributed by atoms with E-state index in [0.717, 1.165) is 11.1 Å². The number of carbonyl (C=O) groups is 1. The molecule has 176 valence electrons. The smallest absolute Gasteiger partial charge is 0.260 e. The lowest BCUT2D eigenvalue weighted by Crippen LogP contribution is -2.27. The Morgan fingerprint density at radius 2 is 1.74 bits per heavy atom. The van der Waals surface area contributed by atoms with Crippen LogP contribution in [0, 0.1) is 11.6 Å². The number of aryl methyl sites for hydroxylation is 1. The molecule has 1 amide bonds. The molecule has 0 saturated heterocycles. The number of hydrogen-bond donors (Lipinski definition) is 0. The minimum absolute atomic E-state index is 0.0600. The molecule has 0 N–H and O–H groups in total. The van der Waals surface area contributed by atoms with Gasteiger partial charge in [-0.3, -0.25) is 13.9 Å². The molecule has 0 fully saturated rings.